The molecule has 0 aliphatic heterocycles. The molecule has 0 radical (unpaired) electrons. The van der Waals surface area contributed by atoms with Gasteiger partial charge in [-0.3, -0.25) is 0 Å². The van der Waals surface area contributed by atoms with Gasteiger partial charge in [-0.2, -0.15) is 0 Å². The third-order valence-electron chi connectivity index (χ3n) is 2.63. The van der Waals surface area contributed by atoms with Gasteiger partial charge in [-0.1, -0.05) is 38.9 Å². The van der Waals surface area contributed by atoms with Gasteiger partial charge in [0, 0.05) is 10.6 Å². The van der Waals surface area contributed by atoms with Crippen molar-refractivity contribution in [2.75, 3.05) is 0 Å². The van der Waals surface area contributed by atoms with Gasteiger partial charge in [0.05, 0.1) is 0 Å². The number of para-hydroxylation sites is 1. The average molecular weight is 410 g/mol. The molecule has 6 heteroatoms. The first-order chi connectivity index (χ1) is 9.49. The number of hydrogen-bond acceptors (Lipinski definition) is 1. The molecule has 0 spiro atoms. The first-order valence-corrected chi connectivity index (χ1v) is 13.1. The van der Waals surface area contributed by atoms with Crippen molar-refractivity contribution in [1.82, 2.24) is 0 Å². The SMILES string of the molecule is Cc1ccc(Pc2cccc(C)c2O)c(F)c1.[Cl][Zr][Cl]. The molecule has 0 bridgehead atoms. The van der Waals surface area contributed by atoms with Gasteiger partial charge in [0.25, 0.3) is 0 Å². The zero-order valence-corrected chi connectivity index (χ0v) is 16.0. The zero-order chi connectivity index (χ0) is 15.1. The number of aromatic hydroxyl groups is 1. The van der Waals surface area contributed by atoms with Crippen LogP contribution in [0.15, 0.2) is 36.4 Å². The number of rotatable bonds is 2. The van der Waals surface area contributed by atoms with E-state index < -0.39 is 20.8 Å². The zero-order valence-electron chi connectivity index (χ0n) is 11.0. The van der Waals surface area contributed by atoms with Crippen LogP contribution in [0.5, 0.6) is 5.75 Å². The van der Waals surface area contributed by atoms with Crippen LogP contribution in [0.25, 0.3) is 0 Å². The third kappa shape index (κ3) is 5.45. The summed E-state index contributed by atoms with van der Waals surface area (Å²) in [5.41, 5.74) is 1.73. The topological polar surface area (TPSA) is 20.2 Å². The summed E-state index contributed by atoms with van der Waals surface area (Å²) < 4.78 is 13.7. The molecule has 1 atom stereocenters. The molecule has 0 aromatic heterocycles. The Balaban J connectivity index is 0.000000612. The monoisotopic (exact) mass is 408 g/mol. The van der Waals surface area contributed by atoms with E-state index in [0.717, 1.165) is 16.4 Å². The standard InChI is InChI=1S/C14H14FOP.2ClH.Zr/c1-9-6-7-12(11(15)8-9)17-13-5-3-4-10(2)14(13)16;;;/h3-8,16-17H,1-2H3;2*1H;/q;;;+2/p-2. The molecule has 1 N–H and O–H groups in total. The van der Waals surface area contributed by atoms with E-state index in [2.05, 4.69) is 0 Å². The molecule has 0 amide bonds. The summed E-state index contributed by atoms with van der Waals surface area (Å²) in [6, 6.07) is 10.7. The average Bonchev–Trinajstić information content (AvgIpc) is 2.39. The van der Waals surface area contributed by atoms with Crippen molar-refractivity contribution >= 4 is 36.2 Å². The molecule has 20 heavy (non-hydrogen) atoms. The summed E-state index contributed by atoms with van der Waals surface area (Å²) in [6.45, 7) is 3.70. The van der Waals surface area contributed by atoms with E-state index in [1.165, 1.54) is 6.07 Å². The van der Waals surface area contributed by atoms with Crippen LogP contribution in [-0.2, 0) is 20.8 Å². The molecule has 0 saturated carbocycles. The van der Waals surface area contributed by atoms with Crippen LogP contribution in [0.2, 0.25) is 0 Å². The van der Waals surface area contributed by atoms with Crippen molar-refractivity contribution in [2.45, 2.75) is 13.8 Å². The van der Waals surface area contributed by atoms with E-state index in [9.17, 15) is 9.50 Å². The Kier molecular flexibility index (Phi) is 8.29. The van der Waals surface area contributed by atoms with Crippen molar-refractivity contribution in [3.63, 3.8) is 0 Å². The second-order valence-corrected chi connectivity index (χ2v) is 9.21. The second-order valence-electron chi connectivity index (χ2n) is 4.15. The summed E-state index contributed by atoms with van der Waals surface area (Å²) in [7, 11) is 10.0. The quantitative estimate of drug-likeness (QED) is 0.738. The van der Waals surface area contributed by atoms with Crippen molar-refractivity contribution in [2.24, 2.45) is 0 Å². The van der Waals surface area contributed by atoms with E-state index in [1.807, 2.05) is 38.1 Å². The first-order valence-electron chi connectivity index (χ1n) is 5.77. The maximum absolute atomic E-state index is 13.7. The number of phenols is 1. The van der Waals surface area contributed by atoms with Crippen molar-refractivity contribution in [1.29, 1.82) is 0 Å². The Morgan fingerprint density at radius 3 is 2.35 bits per heavy atom. The van der Waals surface area contributed by atoms with Gasteiger partial charge in [-0.15, -0.1) is 0 Å². The Bertz CT molecular complexity index is 581. The van der Waals surface area contributed by atoms with Gasteiger partial charge in [0.15, 0.2) is 0 Å². The van der Waals surface area contributed by atoms with Gasteiger partial charge in [0.1, 0.15) is 11.6 Å². The van der Waals surface area contributed by atoms with Gasteiger partial charge in [-0.25, -0.2) is 4.39 Å². The molecule has 0 aliphatic carbocycles. The van der Waals surface area contributed by atoms with E-state index in [-0.39, 0.29) is 20.1 Å². The first kappa shape index (κ1) is 18.1. The number of phenolic OH excluding ortho intramolecular Hbond substituents is 1. The predicted molar refractivity (Wildman–Crippen MR) is 83.3 cm³/mol. The fourth-order valence-corrected chi connectivity index (χ4v) is 2.77. The van der Waals surface area contributed by atoms with Crippen molar-refractivity contribution in [3.8, 4) is 5.75 Å². The molecule has 0 heterocycles. The molecule has 0 saturated heterocycles. The minimum atomic E-state index is -0.826. The summed E-state index contributed by atoms with van der Waals surface area (Å²) in [6.07, 6.45) is 0. The fraction of sp³-hybridized carbons (Fsp3) is 0.143. The van der Waals surface area contributed by atoms with E-state index in [0.29, 0.717) is 5.30 Å². The van der Waals surface area contributed by atoms with Crippen LogP contribution in [-0.4, -0.2) is 5.11 Å². The van der Waals surface area contributed by atoms with E-state index in [4.69, 9.17) is 17.0 Å². The molecule has 1 unspecified atom stereocenters. The molecule has 2 aromatic rings. The van der Waals surface area contributed by atoms with Gasteiger partial charge < -0.3 is 5.11 Å². The summed E-state index contributed by atoms with van der Waals surface area (Å²) in [4.78, 5) is 0. The molecular formula is C14H14Cl2FOPZr. The summed E-state index contributed by atoms with van der Waals surface area (Å²) >= 11 is -0.826. The fourth-order valence-electron chi connectivity index (χ4n) is 1.63. The predicted octanol–water partition coefficient (Wildman–Crippen LogP) is 4.15. The van der Waals surface area contributed by atoms with Crippen LogP contribution in [0.1, 0.15) is 11.1 Å². The van der Waals surface area contributed by atoms with Crippen molar-refractivity contribution < 1.29 is 30.3 Å². The van der Waals surface area contributed by atoms with Gasteiger partial charge >= 0.3 is 37.9 Å². The van der Waals surface area contributed by atoms with Crippen molar-refractivity contribution in [3.05, 3.63) is 53.3 Å². The minimum absolute atomic E-state index is 0.142. The molecule has 2 rings (SSSR count). The summed E-state index contributed by atoms with van der Waals surface area (Å²) in [5.74, 6) is 0.0649. The third-order valence-corrected chi connectivity index (χ3v) is 3.98. The molecular weight excluding hydrogens is 396 g/mol. The van der Waals surface area contributed by atoms with Gasteiger partial charge in [0.2, 0.25) is 0 Å². The van der Waals surface area contributed by atoms with E-state index >= 15 is 0 Å². The van der Waals surface area contributed by atoms with Crippen LogP contribution in [0.4, 0.5) is 4.39 Å². The molecule has 106 valence electrons. The van der Waals surface area contributed by atoms with Crippen LogP contribution < -0.4 is 10.6 Å². The molecule has 0 aliphatic rings. The Morgan fingerprint density at radius 1 is 1.10 bits per heavy atom. The number of halogens is 3. The summed E-state index contributed by atoms with van der Waals surface area (Å²) in [5, 5.41) is 11.3. The van der Waals surface area contributed by atoms with E-state index in [1.54, 1.807) is 6.07 Å². The number of aryl methyl sites for hydroxylation is 2. The Hall–Kier alpha value is 0.0631. The van der Waals surface area contributed by atoms with Gasteiger partial charge in [-0.05, 0) is 31.0 Å². The van der Waals surface area contributed by atoms with Crippen LogP contribution in [0, 0.1) is 19.7 Å². The number of benzene rings is 2. The number of hydrogen-bond donors (Lipinski definition) is 1. The normalized spacial score (nSPS) is 10.2. The van der Waals surface area contributed by atoms with Crippen LogP contribution >= 0.6 is 25.6 Å². The Labute approximate surface area is 139 Å². The molecule has 0 fully saturated rings. The van der Waals surface area contributed by atoms with Crippen LogP contribution in [0.3, 0.4) is 0 Å². The second kappa shape index (κ2) is 9.16. The molecule has 2 aromatic carbocycles. The Morgan fingerprint density at radius 2 is 1.75 bits per heavy atom. The maximum atomic E-state index is 13.7. The molecule has 1 nitrogen and oxygen atoms in total.